The number of likely N-dealkylation sites (tertiary alicyclic amines) is 1. The SMILES string of the molecule is CC(C)(C)OC(=O)N1CCC[C@@H](Nc2nc(N3CCOCC3)[nH]c(=O)c2-c2nc3c(NC4CCCCC4N)cccc3s2)C1. The number of para-hydroxylation sites is 1. The van der Waals surface area contributed by atoms with E-state index < -0.39 is 5.60 Å². The summed E-state index contributed by atoms with van der Waals surface area (Å²) in [7, 11) is 0. The monoisotopic (exact) mass is 624 g/mol. The number of rotatable bonds is 6. The van der Waals surface area contributed by atoms with Crippen molar-refractivity contribution in [3.63, 3.8) is 0 Å². The van der Waals surface area contributed by atoms with Gasteiger partial charge in [-0.25, -0.2) is 9.78 Å². The fourth-order valence-corrected chi connectivity index (χ4v) is 7.22. The van der Waals surface area contributed by atoms with Gasteiger partial charge in [0.15, 0.2) is 0 Å². The third-order valence-electron chi connectivity index (χ3n) is 8.42. The smallest absolute Gasteiger partial charge is 0.410 e. The number of piperidine rings is 1. The first-order chi connectivity index (χ1) is 21.1. The Kier molecular flexibility index (Phi) is 8.97. The van der Waals surface area contributed by atoms with Gasteiger partial charge in [-0.3, -0.25) is 9.78 Å². The zero-order valence-corrected chi connectivity index (χ0v) is 26.7. The van der Waals surface area contributed by atoms with Crippen molar-refractivity contribution in [1.82, 2.24) is 19.9 Å². The van der Waals surface area contributed by atoms with Crippen LogP contribution in [0.3, 0.4) is 0 Å². The van der Waals surface area contributed by atoms with E-state index in [1.54, 1.807) is 4.90 Å². The fraction of sp³-hybridized carbons (Fsp3) is 0.613. The number of nitrogens with two attached hydrogens (primary N) is 1. The average molecular weight is 625 g/mol. The number of nitrogens with one attached hydrogen (secondary N) is 3. The van der Waals surface area contributed by atoms with Crippen molar-refractivity contribution in [3.05, 3.63) is 28.6 Å². The predicted octanol–water partition coefficient (Wildman–Crippen LogP) is 4.38. The van der Waals surface area contributed by atoms with Crippen LogP contribution in [0, 0.1) is 0 Å². The van der Waals surface area contributed by atoms with Crippen molar-refractivity contribution in [2.24, 2.45) is 5.73 Å². The standard InChI is InChI=1S/C31H44N8O4S/c1-31(2,3)43-30(41)39-13-7-8-19(18-39)33-26-24(27(40)37-29(36-26)38-14-16-42-17-15-38)28-35-25-22(11-6-12-23(25)44-28)34-21-10-5-4-9-20(21)32/h6,11-12,19-21,34H,4-5,7-10,13-18,32H2,1-3H3,(H2,33,36,37,40)/t19-,20?,21?/m1/s1. The van der Waals surface area contributed by atoms with Crippen LogP contribution in [0.5, 0.6) is 0 Å². The number of thiazole rings is 1. The molecule has 0 spiro atoms. The lowest BCUT2D eigenvalue weighted by Crippen LogP contribution is -2.47. The number of ether oxygens (including phenoxy) is 2. The minimum atomic E-state index is -0.575. The Bertz CT molecular complexity index is 1530. The predicted molar refractivity (Wildman–Crippen MR) is 175 cm³/mol. The van der Waals surface area contributed by atoms with E-state index in [1.807, 2.05) is 43.9 Å². The highest BCUT2D eigenvalue weighted by Crippen LogP contribution is 2.36. The number of hydrogen-bond donors (Lipinski definition) is 4. The largest absolute Gasteiger partial charge is 0.444 e. The highest BCUT2D eigenvalue weighted by Gasteiger charge is 2.30. The first-order valence-electron chi connectivity index (χ1n) is 15.8. The van der Waals surface area contributed by atoms with E-state index in [2.05, 4.69) is 15.6 Å². The molecule has 0 bridgehead atoms. The number of aromatic nitrogens is 3. The maximum absolute atomic E-state index is 13.9. The lowest BCUT2D eigenvalue weighted by Gasteiger charge is -2.35. The number of anilines is 3. The van der Waals surface area contributed by atoms with E-state index in [0.29, 0.717) is 61.7 Å². The molecule has 12 nitrogen and oxygen atoms in total. The van der Waals surface area contributed by atoms with Crippen molar-refractivity contribution in [1.29, 1.82) is 0 Å². The maximum atomic E-state index is 13.9. The normalized spacial score (nSPS) is 23.0. The van der Waals surface area contributed by atoms with Crippen LogP contribution in [0.2, 0.25) is 0 Å². The maximum Gasteiger partial charge on any atom is 0.410 e. The topological polar surface area (TPSA) is 151 Å². The molecule has 4 heterocycles. The molecular formula is C31H44N8O4S. The summed E-state index contributed by atoms with van der Waals surface area (Å²) in [6, 6.07) is 6.25. The Hall–Kier alpha value is -3.42. The summed E-state index contributed by atoms with van der Waals surface area (Å²) in [5, 5.41) is 7.78. The van der Waals surface area contributed by atoms with Gasteiger partial charge in [-0.2, -0.15) is 4.98 Å². The zero-order chi connectivity index (χ0) is 30.8. The molecule has 1 aliphatic carbocycles. The van der Waals surface area contributed by atoms with E-state index in [0.717, 1.165) is 54.4 Å². The molecule has 6 rings (SSSR count). The lowest BCUT2D eigenvalue weighted by molar-refractivity contribution is 0.0206. The first-order valence-corrected chi connectivity index (χ1v) is 16.6. The molecule has 2 unspecified atom stereocenters. The number of carbonyl (C=O) groups excluding carboxylic acids is 1. The van der Waals surface area contributed by atoms with Gasteiger partial charge in [0.2, 0.25) is 5.95 Å². The molecule has 5 N–H and O–H groups in total. The second kappa shape index (κ2) is 12.9. The second-order valence-electron chi connectivity index (χ2n) is 13.0. The number of amides is 1. The summed E-state index contributed by atoms with van der Waals surface area (Å²) in [5.74, 6) is 0.966. The van der Waals surface area contributed by atoms with Gasteiger partial charge in [0, 0.05) is 44.3 Å². The Morgan fingerprint density at radius 3 is 2.66 bits per heavy atom. The number of H-pyrrole nitrogens is 1. The van der Waals surface area contributed by atoms with Crippen LogP contribution in [-0.4, -0.2) is 89.1 Å². The quantitative estimate of drug-likeness (QED) is 0.311. The van der Waals surface area contributed by atoms with Crippen molar-refractivity contribution < 1.29 is 14.3 Å². The van der Waals surface area contributed by atoms with E-state index in [9.17, 15) is 9.59 Å². The fourth-order valence-electron chi connectivity index (χ4n) is 6.18. The number of nitrogens with zero attached hydrogens (tertiary/aromatic N) is 4. The molecule has 3 aliphatic rings. The van der Waals surface area contributed by atoms with E-state index >= 15 is 0 Å². The van der Waals surface area contributed by atoms with E-state index in [1.165, 1.54) is 11.3 Å². The molecule has 1 amide bonds. The molecule has 13 heteroatoms. The van der Waals surface area contributed by atoms with Crippen LogP contribution < -0.4 is 26.8 Å². The molecule has 0 radical (unpaired) electrons. The van der Waals surface area contributed by atoms with Crippen LogP contribution in [0.4, 0.5) is 22.2 Å². The molecule has 2 saturated heterocycles. The number of fused-ring (bicyclic) bond motifs is 1. The number of morpholine rings is 1. The van der Waals surface area contributed by atoms with Crippen LogP contribution in [0.1, 0.15) is 59.3 Å². The summed E-state index contributed by atoms with van der Waals surface area (Å²) < 4.78 is 12.1. The van der Waals surface area contributed by atoms with Crippen molar-refractivity contribution in [3.8, 4) is 10.6 Å². The summed E-state index contributed by atoms with van der Waals surface area (Å²) >= 11 is 1.47. The second-order valence-corrected chi connectivity index (χ2v) is 14.0. The summed E-state index contributed by atoms with van der Waals surface area (Å²) in [6.45, 7) is 9.09. The lowest BCUT2D eigenvalue weighted by atomic mass is 9.91. The molecule has 3 aromatic rings. The summed E-state index contributed by atoms with van der Waals surface area (Å²) in [4.78, 5) is 43.5. The van der Waals surface area contributed by atoms with Crippen LogP contribution in [0.25, 0.3) is 20.8 Å². The summed E-state index contributed by atoms with van der Waals surface area (Å²) in [5.41, 5.74) is 7.76. The van der Waals surface area contributed by atoms with E-state index in [4.69, 9.17) is 25.2 Å². The van der Waals surface area contributed by atoms with Crippen molar-refractivity contribution in [2.45, 2.75) is 83.0 Å². The van der Waals surface area contributed by atoms with E-state index in [-0.39, 0.29) is 29.8 Å². The molecule has 2 aromatic heterocycles. The van der Waals surface area contributed by atoms with Gasteiger partial charge < -0.3 is 35.6 Å². The highest BCUT2D eigenvalue weighted by molar-refractivity contribution is 7.21. The molecular weight excluding hydrogens is 580 g/mol. The number of carbonyl (C=O) groups is 1. The van der Waals surface area contributed by atoms with Gasteiger partial charge in [0.25, 0.3) is 5.56 Å². The number of benzene rings is 1. The molecule has 2 aliphatic heterocycles. The Morgan fingerprint density at radius 2 is 1.89 bits per heavy atom. The average Bonchev–Trinajstić information content (AvgIpc) is 3.42. The third kappa shape index (κ3) is 6.94. The Labute approximate surface area is 261 Å². The van der Waals surface area contributed by atoms with Crippen LogP contribution in [-0.2, 0) is 9.47 Å². The molecule has 44 heavy (non-hydrogen) atoms. The molecule has 3 fully saturated rings. The van der Waals surface area contributed by atoms with Gasteiger partial charge >= 0.3 is 6.09 Å². The summed E-state index contributed by atoms with van der Waals surface area (Å²) in [6.07, 6.45) is 5.65. The van der Waals surface area contributed by atoms with Crippen LogP contribution in [0.15, 0.2) is 23.0 Å². The number of aromatic amines is 1. The Balaban J connectivity index is 1.33. The van der Waals surface area contributed by atoms with Gasteiger partial charge in [0.05, 0.1) is 23.6 Å². The van der Waals surface area contributed by atoms with Gasteiger partial charge in [0.1, 0.15) is 27.5 Å². The van der Waals surface area contributed by atoms with Gasteiger partial charge in [-0.1, -0.05) is 18.9 Å². The molecule has 3 atom stereocenters. The van der Waals surface area contributed by atoms with Gasteiger partial charge in [-0.05, 0) is 58.6 Å². The highest BCUT2D eigenvalue weighted by atomic mass is 32.1. The Morgan fingerprint density at radius 1 is 1.09 bits per heavy atom. The van der Waals surface area contributed by atoms with Crippen molar-refractivity contribution >= 4 is 45.1 Å². The van der Waals surface area contributed by atoms with Gasteiger partial charge in [-0.15, -0.1) is 11.3 Å². The van der Waals surface area contributed by atoms with Crippen LogP contribution >= 0.6 is 11.3 Å². The number of hydrogen-bond acceptors (Lipinski definition) is 11. The minimum Gasteiger partial charge on any atom is -0.444 e. The first kappa shape index (κ1) is 30.6. The molecule has 1 aromatic carbocycles. The minimum absolute atomic E-state index is 0.100. The third-order valence-corrected chi connectivity index (χ3v) is 9.46. The van der Waals surface area contributed by atoms with Crippen molar-refractivity contribution in [2.75, 3.05) is 54.9 Å². The molecule has 1 saturated carbocycles. The molecule has 238 valence electrons. The zero-order valence-electron chi connectivity index (χ0n) is 25.9.